The molecule has 2 aromatic carbocycles. The lowest BCUT2D eigenvalue weighted by atomic mass is 9.81. The van der Waals surface area contributed by atoms with Gasteiger partial charge in [0, 0.05) is 37.2 Å². The molecule has 1 unspecified atom stereocenters. The fourth-order valence-corrected chi connectivity index (χ4v) is 5.49. The van der Waals surface area contributed by atoms with Gasteiger partial charge >= 0.3 is 0 Å². The number of carbonyl (C=O) groups is 1. The Labute approximate surface area is 210 Å². The van der Waals surface area contributed by atoms with Gasteiger partial charge in [-0.25, -0.2) is 9.37 Å². The van der Waals surface area contributed by atoms with E-state index in [-0.39, 0.29) is 23.7 Å². The average Bonchev–Trinajstić information content (AvgIpc) is 3.16. The molecule has 0 spiro atoms. The molecule has 3 aromatic rings. The molecule has 1 amide bonds. The van der Waals surface area contributed by atoms with Crippen LogP contribution in [0, 0.1) is 17.1 Å². The summed E-state index contributed by atoms with van der Waals surface area (Å²) < 4.78 is 14.7. The van der Waals surface area contributed by atoms with E-state index in [4.69, 9.17) is 5.26 Å². The number of pyridine rings is 1. The average molecular weight is 485 g/mol. The third-order valence-electron chi connectivity index (χ3n) is 7.38. The quantitative estimate of drug-likeness (QED) is 0.471. The molecule has 1 saturated heterocycles. The highest BCUT2D eigenvalue weighted by molar-refractivity contribution is 6.08. The van der Waals surface area contributed by atoms with E-state index in [0.29, 0.717) is 42.3 Å². The molecular formula is C28H29FN6O. The zero-order valence-electron chi connectivity index (χ0n) is 20.4. The number of piperidine rings is 1. The second-order valence-electron chi connectivity index (χ2n) is 9.48. The molecule has 3 N–H and O–H groups in total. The summed E-state index contributed by atoms with van der Waals surface area (Å²) in [4.78, 5) is 19.8. The van der Waals surface area contributed by atoms with E-state index in [0.717, 1.165) is 12.1 Å². The van der Waals surface area contributed by atoms with Gasteiger partial charge in [0.05, 0.1) is 23.3 Å². The van der Waals surface area contributed by atoms with Gasteiger partial charge in [0.15, 0.2) is 0 Å². The Hall–Kier alpha value is -3.96. The summed E-state index contributed by atoms with van der Waals surface area (Å²) in [5, 5.41) is 18.9. The number of nitriles is 1. The third kappa shape index (κ3) is 4.16. The van der Waals surface area contributed by atoms with Crippen LogP contribution in [-0.2, 0) is 10.3 Å². The van der Waals surface area contributed by atoms with Crippen LogP contribution >= 0.6 is 0 Å². The minimum absolute atomic E-state index is 0.0358. The van der Waals surface area contributed by atoms with Gasteiger partial charge in [-0.2, -0.15) is 5.26 Å². The van der Waals surface area contributed by atoms with Gasteiger partial charge in [0.2, 0.25) is 5.91 Å². The Morgan fingerprint density at radius 2 is 2.06 bits per heavy atom. The summed E-state index contributed by atoms with van der Waals surface area (Å²) in [7, 11) is 0. The summed E-state index contributed by atoms with van der Waals surface area (Å²) in [6.07, 6.45) is 2.48. The molecule has 36 heavy (non-hydrogen) atoms. The highest BCUT2D eigenvalue weighted by atomic mass is 19.1. The van der Waals surface area contributed by atoms with Crippen molar-refractivity contribution in [3.05, 3.63) is 83.4 Å². The molecule has 7 nitrogen and oxygen atoms in total. The second-order valence-corrected chi connectivity index (χ2v) is 9.48. The first-order valence-electron chi connectivity index (χ1n) is 12.3. The first-order valence-corrected chi connectivity index (χ1v) is 12.3. The van der Waals surface area contributed by atoms with Gasteiger partial charge in [-0.3, -0.25) is 9.69 Å². The van der Waals surface area contributed by atoms with Crippen molar-refractivity contribution < 1.29 is 9.18 Å². The van der Waals surface area contributed by atoms with E-state index in [1.807, 2.05) is 44.2 Å². The van der Waals surface area contributed by atoms with E-state index < -0.39 is 5.54 Å². The molecule has 184 valence electrons. The van der Waals surface area contributed by atoms with Crippen LogP contribution in [-0.4, -0.2) is 41.5 Å². The van der Waals surface area contributed by atoms with Crippen LogP contribution in [0.3, 0.4) is 0 Å². The zero-order chi connectivity index (χ0) is 25.3. The highest BCUT2D eigenvalue weighted by Gasteiger charge is 2.50. The van der Waals surface area contributed by atoms with Crippen molar-refractivity contribution >= 4 is 23.0 Å². The number of nitrogens with zero attached hydrogens (tertiary/aromatic N) is 3. The summed E-state index contributed by atoms with van der Waals surface area (Å²) in [5.74, 6) is -0.320. The van der Waals surface area contributed by atoms with E-state index in [1.165, 1.54) is 17.7 Å². The number of fused-ring (bicyclic) bond motifs is 1. The van der Waals surface area contributed by atoms with E-state index in [2.05, 4.69) is 38.0 Å². The first-order chi connectivity index (χ1) is 17.4. The van der Waals surface area contributed by atoms with Crippen molar-refractivity contribution in [3.63, 3.8) is 0 Å². The Bertz CT molecular complexity index is 1310. The summed E-state index contributed by atoms with van der Waals surface area (Å²) >= 11 is 0. The molecule has 0 radical (unpaired) electrons. The van der Waals surface area contributed by atoms with E-state index in [1.54, 1.807) is 12.3 Å². The molecule has 3 atom stereocenters. The van der Waals surface area contributed by atoms with Crippen LogP contribution in [0.5, 0.6) is 0 Å². The Morgan fingerprint density at radius 3 is 2.75 bits per heavy atom. The molecule has 2 aliphatic heterocycles. The molecule has 1 aromatic heterocycles. The first kappa shape index (κ1) is 23.8. The van der Waals surface area contributed by atoms with Gasteiger partial charge in [-0.05, 0) is 50.1 Å². The fourth-order valence-electron chi connectivity index (χ4n) is 5.49. The van der Waals surface area contributed by atoms with Crippen molar-refractivity contribution in [3.8, 4) is 6.07 Å². The Balaban J connectivity index is 1.49. The number of benzene rings is 2. The number of anilines is 3. The van der Waals surface area contributed by atoms with Crippen molar-refractivity contribution in [2.45, 2.75) is 37.8 Å². The Kier molecular flexibility index (Phi) is 6.33. The van der Waals surface area contributed by atoms with Crippen molar-refractivity contribution in [2.24, 2.45) is 0 Å². The van der Waals surface area contributed by atoms with Gasteiger partial charge in [-0.1, -0.05) is 30.3 Å². The lowest BCUT2D eigenvalue weighted by Crippen LogP contribution is -2.57. The molecule has 3 heterocycles. The molecule has 1 fully saturated rings. The number of hydrogen-bond donors (Lipinski definition) is 3. The van der Waals surface area contributed by atoms with Crippen molar-refractivity contribution in [1.29, 1.82) is 5.26 Å². The van der Waals surface area contributed by atoms with Gasteiger partial charge < -0.3 is 16.0 Å². The van der Waals surface area contributed by atoms with Crippen LogP contribution in [0.4, 0.5) is 21.5 Å². The molecule has 0 saturated carbocycles. The fraction of sp³-hybridized carbons (Fsp3) is 0.321. The smallest absolute Gasteiger partial charge is 0.249 e. The maximum atomic E-state index is 14.7. The standard InChI is InChI=1S/C28H29FN6O/c1-3-31-24-14-19(29)13-23-26(24)34-27(36)28(23,2)35-12-11-22(18-7-5-4-6-8-18)25(17-35)33-21-10-9-20(15-30)32-16-21/h4-10,13-14,16,22,25,31,33H,3,11-12,17H2,1-2H3,(H,34,36)/t22-,25+,28?/m1/s1. The number of hydrogen-bond acceptors (Lipinski definition) is 6. The van der Waals surface area contributed by atoms with Crippen molar-refractivity contribution in [2.75, 3.05) is 35.6 Å². The summed E-state index contributed by atoms with van der Waals surface area (Å²) in [5.41, 5.74) is 3.28. The number of aromatic nitrogens is 1. The lowest BCUT2D eigenvalue weighted by molar-refractivity contribution is -0.127. The minimum Gasteiger partial charge on any atom is -0.384 e. The van der Waals surface area contributed by atoms with Crippen LogP contribution in [0.2, 0.25) is 0 Å². The number of halogens is 1. The van der Waals surface area contributed by atoms with Crippen LogP contribution < -0.4 is 16.0 Å². The van der Waals surface area contributed by atoms with Crippen molar-refractivity contribution in [1.82, 2.24) is 9.88 Å². The molecule has 5 rings (SSSR count). The molecule has 2 aliphatic rings. The second kappa shape index (κ2) is 9.59. The minimum atomic E-state index is -1.01. The monoisotopic (exact) mass is 484 g/mol. The highest BCUT2D eigenvalue weighted by Crippen LogP contribution is 2.46. The SMILES string of the molecule is CCNc1cc(F)cc2c1NC(=O)C2(C)N1CC[C@H](c2ccccc2)[C@@H](Nc2ccc(C#N)nc2)C1. The molecule has 0 bridgehead atoms. The number of amides is 1. The maximum absolute atomic E-state index is 14.7. The van der Waals surface area contributed by atoms with Gasteiger partial charge in [0.25, 0.3) is 0 Å². The van der Waals surface area contributed by atoms with E-state index in [9.17, 15) is 9.18 Å². The number of rotatable bonds is 6. The van der Waals surface area contributed by atoms with Crippen LogP contribution in [0.25, 0.3) is 0 Å². The number of carbonyl (C=O) groups excluding carboxylic acids is 1. The predicted molar refractivity (Wildman–Crippen MR) is 138 cm³/mol. The number of nitrogens with one attached hydrogen (secondary N) is 3. The normalized spacial score (nSPS) is 23.4. The van der Waals surface area contributed by atoms with Gasteiger partial charge in [0.1, 0.15) is 23.1 Å². The maximum Gasteiger partial charge on any atom is 0.249 e. The largest absolute Gasteiger partial charge is 0.384 e. The van der Waals surface area contributed by atoms with Crippen LogP contribution in [0.15, 0.2) is 60.8 Å². The molecule has 0 aliphatic carbocycles. The van der Waals surface area contributed by atoms with E-state index >= 15 is 0 Å². The zero-order valence-corrected chi connectivity index (χ0v) is 20.4. The Morgan fingerprint density at radius 1 is 1.25 bits per heavy atom. The molecular weight excluding hydrogens is 455 g/mol. The third-order valence-corrected chi connectivity index (χ3v) is 7.38. The summed E-state index contributed by atoms with van der Waals surface area (Å²) in [6.45, 7) is 5.69. The molecule has 8 heteroatoms. The van der Waals surface area contributed by atoms with Gasteiger partial charge in [-0.15, -0.1) is 0 Å². The number of likely N-dealkylation sites (tertiary alicyclic amines) is 1. The predicted octanol–water partition coefficient (Wildman–Crippen LogP) is 4.66. The topological polar surface area (TPSA) is 93.1 Å². The lowest BCUT2D eigenvalue weighted by Gasteiger charge is -2.46. The van der Waals surface area contributed by atoms with Crippen LogP contribution in [0.1, 0.15) is 43.0 Å². The summed E-state index contributed by atoms with van der Waals surface area (Å²) in [6, 6.07) is 18.8.